The lowest BCUT2D eigenvalue weighted by Crippen LogP contribution is -1.95. The molecule has 0 aliphatic carbocycles. The molecule has 2 rings (SSSR count). The lowest BCUT2D eigenvalue weighted by Gasteiger charge is -1.90. The Kier molecular flexibility index (Phi) is 2.30. The fourth-order valence-corrected chi connectivity index (χ4v) is 1.61. The first-order valence-corrected chi connectivity index (χ1v) is 4.90. The Balaban J connectivity index is 2.56. The van der Waals surface area contributed by atoms with Crippen molar-refractivity contribution < 1.29 is 4.79 Å². The molecule has 14 heavy (non-hydrogen) atoms. The molecule has 0 amide bonds. The number of aromatic amines is 1. The first kappa shape index (κ1) is 9.28. The number of hydrogen-bond donors (Lipinski definition) is 1. The molecule has 2 nitrogen and oxygen atoms in total. The molecule has 0 unspecified atom stereocenters. The van der Waals surface area contributed by atoms with Gasteiger partial charge in [-0.1, -0.05) is 24.6 Å². The molecule has 72 valence electrons. The van der Waals surface area contributed by atoms with E-state index in [1.54, 1.807) is 0 Å². The van der Waals surface area contributed by atoms with Crippen molar-refractivity contribution in [1.82, 2.24) is 4.98 Å². The second-order valence-electron chi connectivity index (χ2n) is 3.19. The number of rotatable bonds is 2. The van der Waals surface area contributed by atoms with E-state index in [4.69, 9.17) is 11.6 Å². The summed E-state index contributed by atoms with van der Waals surface area (Å²) in [7, 11) is 0. The molecule has 1 aromatic heterocycles. The van der Waals surface area contributed by atoms with E-state index in [1.165, 1.54) is 0 Å². The summed E-state index contributed by atoms with van der Waals surface area (Å²) in [5.74, 6) is 0.123. The van der Waals surface area contributed by atoms with Gasteiger partial charge < -0.3 is 4.98 Å². The number of fused-ring (bicyclic) bond motifs is 1. The van der Waals surface area contributed by atoms with Gasteiger partial charge in [0.2, 0.25) is 0 Å². The maximum atomic E-state index is 11.4. The maximum Gasteiger partial charge on any atom is 0.178 e. The van der Waals surface area contributed by atoms with Crippen LogP contribution in [-0.4, -0.2) is 10.8 Å². The minimum absolute atomic E-state index is 0.123. The average Bonchev–Trinajstić information content (AvgIpc) is 2.59. The zero-order chi connectivity index (χ0) is 10.1. The predicted octanol–water partition coefficient (Wildman–Crippen LogP) is 3.41. The van der Waals surface area contributed by atoms with Crippen molar-refractivity contribution in [2.45, 2.75) is 13.3 Å². The molecule has 0 atom stereocenters. The average molecular weight is 208 g/mol. The third-order valence-electron chi connectivity index (χ3n) is 2.21. The highest BCUT2D eigenvalue weighted by Crippen LogP contribution is 2.20. The molecule has 0 aliphatic rings. The fraction of sp³-hybridized carbons (Fsp3) is 0.182. The standard InChI is InChI=1S/C11H10ClNO/c1-2-11(14)10-5-7-3-4-8(12)6-9(7)13-10/h3-6,13H,2H2,1H3. The van der Waals surface area contributed by atoms with Crippen LogP contribution in [0, 0.1) is 0 Å². The smallest absolute Gasteiger partial charge is 0.178 e. The molecule has 0 aliphatic heterocycles. The van der Waals surface area contributed by atoms with Crippen LogP contribution >= 0.6 is 11.6 Å². The Bertz CT molecular complexity index is 487. The van der Waals surface area contributed by atoms with Crippen molar-refractivity contribution in [3.05, 3.63) is 35.0 Å². The molecule has 0 radical (unpaired) electrons. The van der Waals surface area contributed by atoms with Gasteiger partial charge in [-0.3, -0.25) is 4.79 Å². The summed E-state index contributed by atoms with van der Waals surface area (Å²) in [6, 6.07) is 7.40. The first-order chi connectivity index (χ1) is 6.70. The second kappa shape index (κ2) is 3.46. The van der Waals surface area contributed by atoms with E-state index >= 15 is 0 Å². The van der Waals surface area contributed by atoms with Crippen molar-refractivity contribution in [2.75, 3.05) is 0 Å². The van der Waals surface area contributed by atoms with Crippen LogP contribution in [-0.2, 0) is 0 Å². The van der Waals surface area contributed by atoms with Gasteiger partial charge in [-0.05, 0) is 18.2 Å². The van der Waals surface area contributed by atoms with Gasteiger partial charge in [-0.15, -0.1) is 0 Å². The Morgan fingerprint density at radius 3 is 2.93 bits per heavy atom. The Hall–Kier alpha value is -1.28. The van der Waals surface area contributed by atoms with Crippen LogP contribution < -0.4 is 0 Å². The van der Waals surface area contributed by atoms with Crippen LogP contribution in [0.15, 0.2) is 24.3 Å². The lowest BCUT2D eigenvalue weighted by atomic mass is 10.2. The van der Waals surface area contributed by atoms with Crippen LogP contribution in [0.1, 0.15) is 23.8 Å². The van der Waals surface area contributed by atoms with Crippen LogP contribution in [0.3, 0.4) is 0 Å². The van der Waals surface area contributed by atoms with Crippen molar-refractivity contribution in [2.24, 2.45) is 0 Å². The molecule has 0 bridgehead atoms. The van der Waals surface area contributed by atoms with Crippen LogP contribution in [0.4, 0.5) is 0 Å². The fourth-order valence-electron chi connectivity index (χ4n) is 1.44. The number of nitrogens with one attached hydrogen (secondary N) is 1. The number of hydrogen-bond acceptors (Lipinski definition) is 1. The maximum absolute atomic E-state index is 11.4. The number of halogens is 1. The minimum atomic E-state index is 0.123. The van der Waals surface area contributed by atoms with E-state index in [0.29, 0.717) is 17.1 Å². The van der Waals surface area contributed by atoms with E-state index in [2.05, 4.69) is 4.98 Å². The van der Waals surface area contributed by atoms with Gasteiger partial charge in [0.15, 0.2) is 5.78 Å². The topological polar surface area (TPSA) is 32.9 Å². The zero-order valence-corrected chi connectivity index (χ0v) is 8.56. The van der Waals surface area contributed by atoms with Gasteiger partial charge in [0.1, 0.15) is 0 Å². The summed E-state index contributed by atoms with van der Waals surface area (Å²) in [6.45, 7) is 1.85. The molecule has 0 saturated carbocycles. The van der Waals surface area contributed by atoms with E-state index in [0.717, 1.165) is 10.9 Å². The zero-order valence-electron chi connectivity index (χ0n) is 7.80. The highest BCUT2D eigenvalue weighted by Gasteiger charge is 2.06. The summed E-state index contributed by atoms with van der Waals surface area (Å²) in [5, 5.41) is 1.70. The largest absolute Gasteiger partial charge is 0.352 e. The van der Waals surface area contributed by atoms with Crippen molar-refractivity contribution in [1.29, 1.82) is 0 Å². The van der Waals surface area contributed by atoms with Gasteiger partial charge >= 0.3 is 0 Å². The van der Waals surface area contributed by atoms with E-state index in [1.807, 2.05) is 31.2 Å². The molecule has 2 aromatic rings. The summed E-state index contributed by atoms with van der Waals surface area (Å²) in [4.78, 5) is 14.5. The Morgan fingerprint density at radius 1 is 1.43 bits per heavy atom. The van der Waals surface area contributed by atoms with E-state index in [9.17, 15) is 4.79 Å². The number of carbonyl (C=O) groups excluding carboxylic acids is 1. The SMILES string of the molecule is CCC(=O)c1cc2ccc(Cl)cc2[nH]1. The molecule has 0 spiro atoms. The lowest BCUT2D eigenvalue weighted by molar-refractivity contribution is 0.0984. The molecular formula is C11H10ClNO. The number of H-pyrrole nitrogens is 1. The van der Waals surface area contributed by atoms with Crippen molar-refractivity contribution >= 4 is 28.3 Å². The molecule has 0 fully saturated rings. The highest BCUT2D eigenvalue weighted by atomic mass is 35.5. The van der Waals surface area contributed by atoms with E-state index < -0.39 is 0 Å². The third-order valence-corrected chi connectivity index (χ3v) is 2.44. The normalized spacial score (nSPS) is 10.7. The minimum Gasteiger partial charge on any atom is -0.352 e. The van der Waals surface area contributed by atoms with Crippen molar-refractivity contribution in [3.63, 3.8) is 0 Å². The van der Waals surface area contributed by atoms with E-state index in [-0.39, 0.29) is 5.78 Å². The number of Topliss-reactive ketones (excluding diaryl/α,β-unsaturated/α-hetero) is 1. The first-order valence-electron chi connectivity index (χ1n) is 4.52. The third kappa shape index (κ3) is 1.53. The van der Waals surface area contributed by atoms with Gasteiger partial charge in [0, 0.05) is 22.3 Å². The quantitative estimate of drug-likeness (QED) is 0.753. The molecule has 1 N–H and O–H groups in total. The summed E-state index contributed by atoms with van der Waals surface area (Å²) < 4.78 is 0. The molecule has 3 heteroatoms. The van der Waals surface area contributed by atoms with Gasteiger partial charge in [-0.2, -0.15) is 0 Å². The predicted molar refractivity (Wildman–Crippen MR) is 57.9 cm³/mol. The second-order valence-corrected chi connectivity index (χ2v) is 3.63. The van der Waals surface area contributed by atoms with Crippen LogP contribution in [0.25, 0.3) is 10.9 Å². The van der Waals surface area contributed by atoms with Crippen LogP contribution in [0.5, 0.6) is 0 Å². The molecular weight excluding hydrogens is 198 g/mol. The number of carbonyl (C=O) groups is 1. The van der Waals surface area contributed by atoms with Gasteiger partial charge in [-0.25, -0.2) is 0 Å². The highest BCUT2D eigenvalue weighted by molar-refractivity contribution is 6.31. The van der Waals surface area contributed by atoms with Crippen LogP contribution in [0.2, 0.25) is 5.02 Å². The van der Waals surface area contributed by atoms with Gasteiger partial charge in [0.25, 0.3) is 0 Å². The molecule has 1 heterocycles. The van der Waals surface area contributed by atoms with Gasteiger partial charge in [0.05, 0.1) is 5.69 Å². The summed E-state index contributed by atoms with van der Waals surface area (Å²) in [5.41, 5.74) is 1.57. The molecule has 0 saturated heterocycles. The Morgan fingerprint density at radius 2 is 2.21 bits per heavy atom. The monoisotopic (exact) mass is 207 g/mol. The van der Waals surface area contributed by atoms with Crippen molar-refractivity contribution in [3.8, 4) is 0 Å². The summed E-state index contributed by atoms with van der Waals surface area (Å²) in [6.07, 6.45) is 0.514. The Labute approximate surface area is 86.9 Å². The molecule has 1 aromatic carbocycles. The number of ketones is 1. The number of aromatic nitrogens is 1. The number of benzene rings is 1. The summed E-state index contributed by atoms with van der Waals surface area (Å²) >= 11 is 5.84.